The average molecular weight is 325 g/mol. The first kappa shape index (κ1) is 16.6. The van der Waals surface area contributed by atoms with Crippen molar-refractivity contribution in [3.63, 3.8) is 0 Å². The molecule has 0 aromatic heterocycles. The smallest absolute Gasteiger partial charge is 0.345 e. The molecular weight excluding hydrogens is 314 g/mol. The average Bonchev–Trinajstić information content (AvgIpc) is 2.60. The van der Waals surface area contributed by atoms with Gasteiger partial charge in [-0.15, -0.1) is 0 Å². The second-order valence-electron chi connectivity index (χ2n) is 4.56. The van der Waals surface area contributed by atoms with E-state index in [4.69, 9.17) is 10.00 Å². The minimum Gasteiger partial charge on any atom is -0.452 e. The molecule has 24 heavy (non-hydrogen) atoms. The van der Waals surface area contributed by atoms with Gasteiger partial charge in [0.25, 0.3) is 11.6 Å². The summed E-state index contributed by atoms with van der Waals surface area (Å²) in [5.41, 5.74) is -0.104. The first-order chi connectivity index (χ1) is 11.5. The van der Waals surface area contributed by atoms with Gasteiger partial charge in [-0.2, -0.15) is 5.26 Å². The highest BCUT2D eigenvalue weighted by atomic mass is 16.6. The number of nitro groups is 1. The lowest BCUT2D eigenvalue weighted by molar-refractivity contribution is -0.385. The molecular formula is C16H11N3O5. The number of nitrogens with one attached hydrogen (secondary N) is 1. The molecule has 0 spiro atoms. The Balaban J connectivity index is 2.01. The molecule has 8 heteroatoms. The van der Waals surface area contributed by atoms with Gasteiger partial charge in [0.1, 0.15) is 11.6 Å². The van der Waals surface area contributed by atoms with Crippen molar-refractivity contribution in [2.45, 2.75) is 0 Å². The van der Waals surface area contributed by atoms with E-state index in [0.717, 1.165) is 0 Å². The number of carbonyl (C=O) groups is 2. The molecule has 2 rings (SSSR count). The molecule has 0 atom stereocenters. The van der Waals surface area contributed by atoms with E-state index < -0.39 is 29.1 Å². The largest absolute Gasteiger partial charge is 0.452 e. The molecule has 120 valence electrons. The molecule has 0 bridgehead atoms. The third-order valence-corrected chi connectivity index (χ3v) is 2.98. The molecule has 0 radical (unpaired) electrons. The summed E-state index contributed by atoms with van der Waals surface area (Å²) in [4.78, 5) is 33.8. The molecule has 8 nitrogen and oxygen atoms in total. The lowest BCUT2D eigenvalue weighted by Gasteiger charge is -2.08. The standard InChI is InChI=1S/C16H11N3O5/c17-9-11-5-1-3-7-13(11)18-15(20)10-24-16(21)12-6-2-4-8-14(12)19(22)23/h1-8H,10H2,(H,18,20). The third-order valence-electron chi connectivity index (χ3n) is 2.98. The van der Waals surface area contributed by atoms with E-state index >= 15 is 0 Å². The number of benzene rings is 2. The van der Waals surface area contributed by atoms with E-state index in [2.05, 4.69) is 5.32 Å². The van der Waals surface area contributed by atoms with Crippen LogP contribution in [-0.4, -0.2) is 23.4 Å². The first-order valence-corrected chi connectivity index (χ1v) is 6.72. The molecule has 1 N–H and O–H groups in total. The van der Waals surface area contributed by atoms with Crippen LogP contribution in [0.4, 0.5) is 11.4 Å². The third kappa shape index (κ3) is 3.92. The van der Waals surface area contributed by atoms with Gasteiger partial charge in [0, 0.05) is 6.07 Å². The number of nitriles is 1. The van der Waals surface area contributed by atoms with Gasteiger partial charge in [0.05, 0.1) is 16.2 Å². The predicted octanol–water partition coefficient (Wildman–Crippen LogP) is 2.26. The van der Waals surface area contributed by atoms with Crippen molar-refractivity contribution in [3.8, 4) is 6.07 Å². The summed E-state index contributed by atoms with van der Waals surface area (Å²) < 4.78 is 4.79. The fourth-order valence-corrected chi connectivity index (χ4v) is 1.89. The molecule has 0 fully saturated rings. The highest BCUT2D eigenvalue weighted by molar-refractivity contribution is 5.97. The first-order valence-electron chi connectivity index (χ1n) is 6.72. The van der Waals surface area contributed by atoms with Gasteiger partial charge in [-0.05, 0) is 18.2 Å². The van der Waals surface area contributed by atoms with Crippen molar-refractivity contribution in [1.82, 2.24) is 0 Å². The maximum atomic E-state index is 11.9. The molecule has 0 aliphatic rings. The Hall–Kier alpha value is -3.73. The number of esters is 1. The monoisotopic (exact) mass is 325 g/mol. The normalized spacial score (nSPS) is 9.62. The van der Waals surface area contributed by atoms with Crippen molar-refractivity contribution in [2.75, 3.05) is 11.9 Å². The number of anilines is 1. The minimum absolute atomic E-state index is 0.243. The van der Waals surface area contributed by atoms with Crippen molar-refractivity contribution >= 4 is 23.3 Å². The maximum absolute atomic E-state index is 11.9. The Labute approximate surface area is 136 Å². The van der Waals surface area contributed by atoms with Crippen LogP contribution in [0.15, 0.2) is 48.5 Å². The quantitative estimate of drug-likeness (QED) is 0.511. The van der Waals surface area contributed by atoms with E-state index in [1.165, 1.54) is 36.4 Å². The number of carbonyl (C=O) groups excluding carboxylic acids is 2. The van der Waals surface area contributed by atoms with Crippen molar-refractivity contribution in [3.05, 3.63) is 69.8 Å². The zero-order valence-corrected chi connectivity index (χ0v) is 12.3. The maximum Gasteiger partial charge on any atom is 0.345 e. The SMILES string of the molecule is N#Cc1ccccc1NC(=O)COC(=O)c1ccccc1[N+](=O)[O-]. The molecule has 0 aliphatic carbocycles. The summed E-state index contributed by atoms with van der Waals surface area (Å²) >= 11 is 0. The van der Waals surface area contributed by atoms with Crippen LogP contribution in [0, 0.1) is 21.4 Å². The number of hydrogen-bond donors (Lipinski definition) is 1. The molecule has 0 heterocycles. The van der Waals surface area contributed by atoms with Crippen molar-refractivity contribution in [2.24, 2.45) is 0 Å². The second kappa shape index (κ2) is 7.51. The lowest BCUT2D eigenvalue weighted by atomic mass is 10.2. The minimum atomic E-state index is -0.981. The summed E-state index contributed by atoms with van der Waals surface area (Å²) in [7, 11) is 0. The van der Waals surface area contributed by atoms with E-state index in [1.54, 1.807) is 12.1 Å². The van der Waals surface area contributed by atoms with Crippen LogP contribution >= 0.6 is 0 Å². The van der Waals surface area contributed by atoms with Crippen LogP contribution in [0.25, 0.3) is 0 Å². The van der Waals surface area contributed by atoms with Crippen LogP contribution in [0.1, 0.15) is 15.9 Å². The van der Waals surface area contributed by atoms with Gasteiger partial charge < -0.3 is 10.1 Å². The highest BCUT2D eigenvalue weighted by Gasteiger charge is 2.21. The van der Waals surface area contributed by atoms with Crippen molar-refractivity contribution < 1.29 is 19.2 Å². The molecule has 2 aromatic rings. The summed E-state index contributed by atoms with van der Waals surface area (Å²) in [5, 5.41) is 22.2. The molecule has 0 saturated heterocycles. The van der Waals surface area contributed by atoms with Gasteiger partial charge in [-0.1, -0.05) is 24.3 Å². The summed E-state index contributed by atoms with van der Waals surface area (Å²) in [6, 6.07) is 13.5. The van der Waals surface area contributed by atoms with E-state index in [9.17, 15) is 19.7 Å². The van der Waals surface area contributed by atoms with Gasteiger partial charge >= 0.3 is 5.97 Å². The Kier molecular flexibility index (Phi) is 5.20. The number of nitrogens with zero attached hydrogens (tertiary/aromatic N) is 2. The van der Waals surface area contributed by atoms with Gasteiger partial charge in [0.2, 0.25) is 0 Å². The number of hydrogen-bond acceptors (Lipinski definition) is 6. The van der Waals surface area contributed by atoms with Crippen LogP contribution in [-0.2, 0) is 9.53 Å². The second-order valence-corrected chi connectivity index (χ2v) is 4.56. The number of ether oxygens (including phenoxy) is 1. The number of rotatable bonds is 5. The predicted molar refractivity (Wildman–Crippen MR) is 83.2 cm³/mol. The Morgan fingerprint density at radius 1 is 1.17 bits per heavy atom. The van der Waals surface area contributed by atoms with E-state index in [-0.39, 0.29) is 16.8 Å². The molecule has 0 unspecified atom stereocenters. The Bertz CT molecular complexity index is 842. The van der Waals surface area contributed by atoms with E-state index in [1.807, 2.05) is 6.07 Å². The molecule has 0 saturated carbocycles. The molecule has 0 aliphatic heterocycles. The number of para-hydroxylation sites is 2. The zero-order valence-electron chi connectivity index (χ0n) is 12.3. The zero-order chi connectivity index (χ0) is 17.5. The van der Waals surface area contributed by atoms with Crippen LogP contribution < -0.4 is 5.32 Å². The molecule has 2 aromatic carbocycles. The van der Waals surface area contributed by atoms with Gasteiger partial charge in [0.15, 0.2) is 6.61 Å². The fraction of sp³-hybridized carbons (Fsp3) is 0.0625. The van der Waals surface area contributed by atoms with Crippen LogP contribution in [0.3, 0.4) is 0 Å². The summed E-state index contributed by atoms with van der Waals surface area (Å²) in [6.07, 6.45) is 0. The van der Waals surface area contributed by atoms with Crippen LogP contribution in [0.2, 0.25) is 0 Å². The number of nitro benzene ring substituents is 1. The number of amides is 1. The van der Waals surface area contributed by atoms with Gasteiger partial charge in [-0.25, -0.2) is 4.79 Å². The fourth-order valence-electron chi connectivity index (χ4n) is 1.89. The van der Waals surface area contributed by atoms with E-state index in [0.29, 0.717) is 0 Å². The Morgan fingerprint density at radius 2 is 1.83 bits per heavy atom. The highest BCUT2D eigenvalue weighted by Crippen LogP contribution is 2.18. The van der Waals surface area contributed by atoms with Crippen LogP contribution in [0.5, 0.6) is 0 Å². The topological polar surface area (TPSA) is 122 Å². The molecule has 1 amide bonds. The summed E-state index contributed by atoms with van der Waals surface area (Å²) in [6.45, 7) is -0.634. The van der Waals surface area contributed by atoms with Gasteiger partial charge in [-0.3, -0.25) is 14.9 Å². The summed E-state index contributed by atoms with van der Waals surface area (Å²) in [5.74, 6) is -1.64. The Morgan fingerprint density at radius 3 is 2.54 bits per heavy atom. The van der Waals surface area contributed by atoms with Crippen molar-refractivity contribution in [1.29, 1.82) is 5.26 Å². The lowest BCUT2D eigenvalue weighted by Crippen LogP contribution is -2.21.